The summed E-state index contributed by atoms with van der Waals surface area (Å²) in [6.45, 7) is 2.49. The molecule has 0 spiro atoms. The van der Waals surface area contributed by atoms with Crippen molar-refractivity contribution in [2.75, 3.05) is 6.61 Å². The maximum absolute atomic E-state index is 13.7. The molecule has 0 N–H and O–H groups in total. The summed E-state index contributed by atoms with van der Waals surface area (Å²) in [7, 11) is 0. The summed E-state index contributed by atoms with van der Waals surface area (Å²) < 4.78 is 24.9. The van der Waals surface area contributed by atoms with E-state index >= 15 is 0 Å². The monoisotopic (exact) mass is 372 g/mol. The number of benzene rings is 2. The van der Waals surface area contributed by atoms with Crippen molar-refractivity contribution >= 4 is 27.5 Å². The van der Waals surface area contributed by atoms with Crippen LogP contribution in [0.2, 0.25) is 5.02 Å². The highest BCUT2D eigenvalue weighted by molar-refractivity contribution is 9.08. The third-order valence-corrected chi connectivity index (χ3v) is 3.90. The van der Waals surface area contributed by atoms with Crippen molar-refractivity contribution in [2.45, 2.75) is 18.9 Å². The Morgan fingerprint density at radius 3 is 2.62 bits per heavy atom. The standard InChI is InChI=1S/C16H15BrClFO2/c1-2-20-16-8-11(9-17)6-7-15(16)21-10-12-13(18)4-3-5-14(12)19/h3-8H,2,9-10H2,1H3. The van der Waals surface area contributed by atoms with E-state index in [0.29, 0.717) is 28.7 Å². The van der Waals surface area contributed by atoms with Gasteiger partial charge in [0.05, 0.1) is 11.6 Å². The van der Waals surface area contributed by atoms with Gasteiger partial charge in [0.15, 0.2) is 11.5 Å². The molecule has 2 aromatic rings. The molecule has 0 aromatic heterocycles. The minimum atomic E-state index is -0.377. The van der Waals surface area contributed by atoms with Crippen molar-refractivity contribution < 1.29 is 13.9 Å². The van der Waals surface area contributed by atoms with Gasteiger partial charge in [-0.3, -0.25) is 0 Å². The predicted molar refractivity (Wildman–Crippen MR) is 86.0 cm³/mol. The van der Waals surface area contributed by atoms with E-state index in [4.69, 9.17) is 21.1 Å². The molecular formula is C16H15BrClFO2. The van der Waals surface area contributed by atoms with Crippen LogP contribution in [0.15, 0.2) is 36.4 Å². The molecule has 0 fully saturated rings. The summed E-state index contributed by atoms with van der Waals surface area (Å²) in [4.78, 5) is 0. The molecule has 0 radical (unpaired) electrons. The third-order valence-electron chi connectivity index (χ3n) is 2.90. The summed E-state index contributed by atoms with van der Waals surface area (Å²) in [5.74, 6) is 0.834. The van der Waals surface area contributed by atoms with Crippen molar-refractivity contribution in [3.05, 3.63) is 58.4 Å². The summed E-state index contributed by atoms with van der Waals surface area (Å²) in [6.07, 6.45) is 0. The van der Waals surface area contributed by atoms with Gasteiger partial charge < -0.3 is 9.47 Å². The van der Waals surface area contributed by atoms with Crippen LogP contribution in [0.25, 0.3) is 0 Å². The quantitative estimate of drug-likeness (QED) is 0.635. The Hall–Kier alpha value is -1.26. The van der Waals surface area contributed by atoms with Crippen LogP contribution in [0.5, 0.6) is 11.5 Å². The van der Waals surface area contributed by atoms with Gasteiger partial charge in [-0.1, -0.05) is 39.7 Å². The molecule has 0 aliphatic rings. The normalized spacial score (nSPS) is 10.5. The van der Waals surface area contributed by atoms with Crippen LogP contribution < -0.4 is 9.47 Å². The lowest BCUT2D eigenvalue weighted by Crippen LogP contribution is -2.02. The van der Waals surface area contributed by atoms with Crippen LogP contribution in [0.3, 0.4) is 0 Å². The molecule has 112 valence electrons. The Labute approximate surface area is 137 Å². The lowest BCUT2D eigenvalue weighted by Gasteiger charge is -2.14. The van der Waals surface area contributed by atoms with Crippen LogP contribution in [-0.4, -0.2) is 6.61 Å². The zero-order chi connectivity index (χ0) is 15.2. The zero-order valence-corrected chi connectivity index (χ0v) is 13.9. The van der Waals surface area contributed by atoms with Gasteiger partial charge in [-0.05, 0) is 36.8 Å². The van der Waals surface area contributed by atoms with Crippen LogP contribution in [-0.2, 0) is 11.9 Å². The highest BCUT2D eigenvalue weighted by Crippen LogP contribution is 2.31. The van der Waals surface area contributed by atoms with E-state index in [9.17, 15) is 4.39 Å². The average Bonchev–Trinajstić information content (AvgIpc) is 2.48. The average molecular weight is 374 g/mol. The molecule has 0 saturated carbocycles. The molecule has 0 aliphatic carbocycles. The van der Waals surface area contributed by atoms with Crippen molar-refractivity contribution in [3.8, 4) is 11.5 Å². The van der Waals surface area contributed by atoms with Gasteiger partial charge in [-0.2, -0.15) is 0 Å². The second kappa shape index (κ2) is 7.66. The second-order valence-electron chi connectivity index (χ2n) is 4.34. The topological polar surface area (TPSA) is 18.5 Å². The van der Waals surface area contributed by atoms with Crippen LogP contribution in [0.1, 0.15) is 18.1 Å². The van der Waals surface area contributed by atoms with E-state index in [1.165, 1.54) is 6.07 Å². The Kier molecular flexibility index (Phi) is 5.88. The minimum Gasteiger partial charge on any atom is -0.490 e. The van der Waals surface area contributed by atoms with Crippen molar-refractivity contribution in [3.63, 3.8) is 0 Å². The van der Waals surface area contributed by atoms with Crippen LogP contribution >= 0.6 is 27.5 Å². The number of rotatable bonds is 6. The Bertz CT molecular complexity index is 599. The van der Waals surface area contributed by atoms with Crippen molar-refractivity contribution in [1.82, 2.24) is 0 Å². The summed E-state index contributed by atoms with van der Waals surface area (Å²) in [6, 6.07) is 10.2. The molecule has 2 nitrogen and oxygen atoms in total. The van der Waals surface area contributed by atoms with Crippen LogP contribution in [0, 0.1) is 5.82 Å². The fraction of sp³-hybridized carbons (Fsp3) is 0.250. The van der Waals surface area contributed by atoms with Gasteiger partial charge in [0.1, 0.15) is 12.4 Å². The number of alkyl halides is 1. The van der Waals surface area contributed by atoms with Gasteiger partial charge >= 0.3 is 0 Å². The van der Waals surface area contributed by atoms with E-state index in [2.05, 4.69) is 15.9 Å². The molecular weight excluding hydrogens is 359 g/mol. The highest BCUT2D eigenvalue weighted by atomic mass is 79.9. The van der Waals surface area contributed by atoms with Gasteiger partial charge in [0.25, 0.3) is 0 Å². The molecule has 2 aromatic carbocycles. The molecule has 0 atom stereocenters. The molecule has 0 heterocycles. The summed E-state index contributed by atoms with van der Waals surface area (Å²) in [5, 5.41) is 1.08. The smallest absolute Gasteiger partial charge is 0.161 e. The van der Waals surface area contributed by atoms with Gasteiger partial charge in [-0.15, -0.1) is 0 Å². The SMILES string of the molecule is CCOc1cc(CBr)ccc1OCc1c(F)cccc1Cl. The summed E-state index contributed by atoms with van der Waals surface area (Å²) in [5.41, 5.74) is 1.42. The van der Waals surface area contributed by atoms with E-state index < -0.39 is 0 Å². The molecule has 0 saturated heterocycles. The fourth-order valence-electron chi connectivity index (χ4n) is 1.84. The van der Waals surface area contributed by atoms with Gasteiger partial charge in [0.2, 0.25) is 0 Å². The molecule has 5 heteroatoms. The first kappa shape index (κ1) is 16.1. The first-order chi connectivity index (χ1) is 10.2. The van der Waals surface area contributed by atoms with E-state index in [-0.39, 0.29) is 12.4 Å². The van der Waals surface area contributed by atoms with Crippen molar-refractivity contribution in [2.24, 2.45) is 0 Å². The maximum Gasteiger partial charge on any atom is 0.161 e. The van der Waals surface area contributed by atoms with E-state index in [1.807, 2.05) is 25.1 Å². The first-order valence-corrected chi connectivity index (χ1v) is 8.03. The number of hydrogen-bond acceptors (Lipinski definition) is 2. The molecule has 0 aliphatic heterocycles. The molecule has 0 unspecified atom stereocenters. The van der Waals surface area contributed by atoms with Crippen LogP contribution in [0.4, 0.5) is 4.39 Å². The minimum absolute atomic E-state index is 0.0548. The number of hydrogen-bond donors (Lipinski definition) is 0. The number of halogens is 3. The van der Waals surface area contributed by atoms with E-state index in [1.54, 1.807) is 12.1 Å². The zero-order valence-electron chi connectivity index (χ0n) is 11.5. The number of ether oxygens (including phenoxy) is 2. The Morgan fingerprint density at radius 1 is 1.14 bits per heavy atom. The molecule has 0 amide bonds. The highest BCUT2D eigenvalue weighted by Gasteiger charge is 2.11. The van der Waals surface area contributed by atoms with Crippen molar-refractivity contribution in [1.29, 1.82) is 0 Å². The van der Waals surface area contributed by atoms with Gasteiger partial charge in [0, 0.05) is 10.9 Å². The first-order valence-electron chi connectivity index (χ1n) is 6.53. The predicted octanol–water partition coefficient (Wildman–Crippen LogP) is 5.35. The molecule has 2 rings (SSSR count). The Morgan fingerprint density at radius 2 is 1.95 bits per heavy atom. The molecule has 21 heavy (non-hydrogen) atoms. The fourth-order valence-corrected chi connectivity index (χ4v) is 2.41. The third kappa shape index (κ3) is 4.11. The van der Waals surface area contributed by atoms with E-state index in [0.717, 1.165) is 10.9 Å². The molecule has 0 bridgehead atoms. The lowest BCUT2D eigenvalue weighted by atomic mass is 10.2. The second-order valence-corrected chi connectivity index (χ2v) is 5.30. The largest absolute Gasteiger partial charge is 0.490 e. The summed E-state index contributed by atoms with van der Waals surface area (Å²) >= 11 is 9.39. The van der Waals surface area contributed by atoms with Gasteiger partial charge in [-0.25, -0.2) is 4.39 Å². The Balaban J connectivity index is 2.19. The lowest BCUT2D eigenvalue weighted by molar-refractivity contribution is 0.266. The maximum atomic E-state index is 13.7.